The van der Waals surface area contributed by atoms with Crippen LogP contribution < -0.4 is 10.6 Å². The van der Waals surface area contributed by atoms with Crippen LogP contribution in [0.3, 0.4) is 0 Å². The predicted octanol–water partition coefficient (Wildman–Crippen LogP) is 5.89. The van der Waals surface area contributed by atoms with Gasteiger partial charge in [-0.2, -0.15) is 0 Å². The van der Waals surface area contributed by atoms with E-state index in [-0.39, 0.29) is 5.91 Å². The van der Waals surface area contributed by atoms with Crippen molar-refractivity contribution < 1.29 is 4.79 Å². The van der Waals surface area contributed by atoms with Crippen LogP contribution in [0.1, 0.15) is 24.1 Å². The molecule has 0 spiro atoms. The number of rotatable bonds is 5. The number of anilines is 3. The molecule has 6 nitrogen and oxygen atoms in total. The van der Waals surface area contributed by atoms with E-state index in [9.17, 15) is 4.79 Å². The third-order valence-corrected chi connectivity index (χ3v) is 6.57. The Kier molecular flexibility index (Phi) is 6.15. The first-order valence-electron chi connectivity index (χ1n) is 11.1. The number of aryl methyl sites for hydroxylation is 2. The molecule has 2 aromatic heterocycles. The minimum Gasteiger partial charge on any atom is -0.340 e. The Labute approximate surface area is 202 Å². The summed E-state index contributed by atoms with van der Waals surface area (Å²) < 4.78 is 0. The normalized spacial score (nSPS) is 12.6. The molecule has 5 rings (SSSR count). The van der Waals surface area contributed by atoms with Crippen molar-refractivity contribution in [3.8, 4) is 11.8 Å². The van der Waals surface area contributed by atoms with Gasteiger partial charge in [-0.1, -0.05) is 17.7 Å². The maximum Gasteiger partial charge on any atom is 0.300 e. The summed E-state index contributed by atoms with van der Waals surface area (Å²) in [7, 11) is 0. The maximum atomic E-state index is 12.1. The summed E-state index contributed by atoms with van der Waals surface area (Å²) >= 11 is 1.69. The lowest BCUT2D eigenvalue weighted by molar-refractivity contribution is -0.111. The van der Waals surface area contributed by atoms with Crippen LogP contribution in [0.4, 0.5) is 17.2 Å². The minimum absolute atomic E-state index is 0.301. The summed E-state index contributed by atoms with van der Waals surface area (Å²) in [6.07, 6.45) is 5.61. The zero-order chi connectivity index (χ0) is 23.5. The maximum absolute atomic E-state index is 12.1. The lowest BCUT2D eigenvalue weighted by Crippen LogP contribution is -2.08. The van der Waals surface area contributed by atoms with Crippen LogP contribution in [0, 0.1) is 31.6 Å². The van der Waals surface area contributed by atoms with Crippen LogP contribution in [0.5, 0.6) is 0 Å². The van der Waals surface area contributed by atoms with Crippen LogP contribution in [0.15, 0.2) is 70.8 Å². The highest BCUT2D eigenvalue weighted by Crippen LogP contribution is 2.33. The van der Waals surface area contributed by atoms with Gasteiger partial charge in [0, 0.05) is 44.4 Å². The fourth-order valence-corrected chi connectivity index (χ4v) is 4.26. The average Bonchev–Trinajstić information content (AvgIpc) is 3.66. The first-order chi connectivity index (χ1) is 16.5. The van der Waals surface area contributed by atoms with Crippen LogP contribution in [0.2, 0.25) is 0 Å². The van der Waals surface area contributed by atoms with Crippen molar-refractivity contribution in [2.75, 3.05) is 10.6 Å². The third-order valence-electron chi connectivity index (χ3n) is 5.41. The van der Waals surface area contributed by atoms with Gasteiger partial charge in [-0.15, -0.1) is 0 Å². The van der Waals surface area contributed by atoms with E-state index in [1.165, 1.54) is 11.2 Å². The van der Waals surface area contributed by atoms with Gasteiger partial charge >= 0.3 is 0 Å². The predicted molar refractivity (Wildman–Crippen MR) is 136 cm³/mol. The largest absolute Gasteiger partial charge is 0.340 e. The number of hydrogen-bond acceptors (Lipinski definition) is 6. The molecule has 34 heavy (non-hydrogen) atoms. The summed E-state index contributed by atoms with van der Waals surface area (Å²) in [5.74, 6) is 6.41. The molecule has 1 fully saturated rings. The van der Waals surface area contributed by atoms with E-state index in [0.29, 0.717) is 17.4 Å². The zero-order valence-electron chi connectivity index (χ0n) is 18.9. The lowest BCUT2D eigenvalue weighted by Gasteiger charge is -2.12. The lowest BCUT2D eigenvalue weighted by atomic mass is 10.2. The Morgan fingerprint density at radius 2 is 1.85 bits per heavy atom. The second kappa shape index (κ2) is 9.54. The highest BCUT2D eigenvalue weighted by atomic mass is 32.2. The van der Waals surface area contributed by atoms with Crippen molar-refractivity contribution in [2.24, 2.45) is 5.92 Å². The third kappa shape index (κ3) is 5.36. The number of aromatic nitrogens is 3. The number of fused-ring (bicyclic) bond motifs is 1. The molecule has 168 valence electrons. The van der Waals surface area contributed by atoms with Gasteiger partial charge in [0.15, 0.2) is 0 Å². The van der Waals surface area contributed by atoms with Crippen molar-refractivity contribution in [2.45, 2.75) is 36.5 Å². The minimum atomic E-state index is -0.301. The molecule has 2 N–H and O–H groups in total. The summed E-state index contributed by atoms with van der Waals surface area (Å²) in [6.45, 7) is 4.07. The monoisotopic (exact) mass is 465 g/mol. The Morgan fingerprint density at radius 1 is 1.00 bits per heavy atom. The number of carbonyl (C=O) groups is 1. The summed E-state index contributed by atoms with van der Waals surface area (Å²) in [6, 6.07) is 15.9. The highest BCUT2D eigenvalue weighted by molar-refractivity contribution is 7.99. The molecule has 1 aliphatic carbocycles. The summed E-state index contributed by atoms with van der Waals surface area (Å²) in [5.41, 5.74) is 4.53. The van der Waals surface area contributed by atoms with Gasteiger partial charge in [-0.3, -0.25) is 9.78 Å². The van der Waals surface area contributed by atoms with Crippen LogP contribution in [-0.2, 0) is 4.79 Å². The van der Waals surface area contributed by atoms with E-state index >= 15 is 0 Å². The Bertz CT molecular complexity index is 1440. The fourth-order valence-electron chi connectivity index (χ4n) is 3.41. The van der Waals surface area contributed by atoms with Crippen LogP contribution in [-0.4, -0.2) is 20.9 Å². The van der Waals surface area contributed by atoms with E-state index in [2.05, 4.69) is 62.5 Å². The van der Waals surface area contributed by atoms with Crippen molar-refractivity contribution >= 4 is 45.8 Å². The van der Waals surface area contributed by atoms with E-state index in [0.717, 1.165) is 45.6 Å². The molecule has 2 heterocycles. The number of nitrogens with zero attached hydrogens (tertiary/aromatic N) is 3. The second-order valence-corrected chi connectivity index (χ2v) is 9.41. The van der Waals surface area contributed by atoms with Gasteiger partial charge in [0.25, 0.3) is 5.91 Å². The molecule has 0 saturated heterocycles. The van der Waals surface area contributed by atoms with E-state index in [1.54, 1.807) is 11.8 Å². The van der Waals surface area contributed by atoms with E-state index in [4.69, 9.17) is 0 Å². The Balaban J connectivity index is 1.35. The second-order valence-electron chi connectivity index (χ2n) is 8.29. The van der Waals surface area contributed by atoms with Crippen molar-refractivity contribution in [1.82, 2.24) is 15.0 Å². The topological polar surface area (TPSA) is 79.8 Å². The molecule has 0 bridgehead atoms. The zero-order valence-corrected chi connectivity index (χ0v) is 19.7. The number of hydrogen-bond donors (Lipinski definition) is 2. The van der Waals surface area contributed by atoms with Crippen LogP contribution in [0.25, 0.3) is 10.9 Å². The molecule has 4 aromatic rings. The molecule has 2 aromatic carbocycles. The number of benzene rings is 2. The number of nitrogens with one attached hydrogen (secondary N) is 2. The SMILES string of the molecule is Cc1ccc(Sc2ccc(Nc3ncnc4ccc(NC(=O)C#CC5CC5)cc34)cc2C)cn1. The Morgan fingerprint density at radius 3 is 2.62 bits per heavy atom. The molecule has 0 unspecified atom stereocenters. The molecule has 1 amide bonds. The standard InChI is InChI=1S/C27H23N5OS/c1-17-13-20(8-11-25(17)34-22-9-3-18(2)28-15-22)32-27-23-14-21(7-10-24(23)29-16-30-27)31-26(33)12-6-19-4-5-19/h3,7-11,13-16,19H,4-5H2,1-2H3,(H,31,33)(H,29,30,32). The number of amides is 1. The molecular formula is C27H23N5OS. The van der Waals surface area contributed by atoms with Gasteiger partial charge in [0.1, 0.15) is 12.1 Å². The molecular weight excluding hydrogens is 442 g/mol. The van der Waals surface area contributed by atoms with E-state index < -0.39 is 0 Å². The molecule has 1 saturated carbocycles. The summed E-state index contributed by atoms with van der Waals surface area (Å²) in [4.78, 5) is 27.6. The van der Waals surface area contributed by atoms with Crippen molar-refractivity contribution in [3.63, 3.8) is 0 Å². The molecule has 0 aliphatic heterocycles. The van der Waals surface area contributed by atoms with Gasteiger partial charge < -0.3 is 10.6 Å². The molecule has 1 aliphatic rings. The van der Waals surface area contributed by atoms with Gasteiger partial charge in [0.05, 0.1) is 5.52 Å². The Hall–Kier alpha value is -3.89. The quantitative estimate of drug-likeness (QED) is 0.358. The fraction of sp³-hybridized carbons (Fsp3) is 0.185. The van der Waals surface area contributed by atoms with Crippen molar-refractivity contribution in [1.29, 1.82) is 0 Å². The van der Waals surface area contributed by atoms with Crippen molar-refractivity contribution in [3.05, 3.63) is 72.3 Å². The smallest absolute Gasteiger partial charge is 0.300 e. The van der Waals surface area contributed by atoms with Gasteiger partial charge in [-0.25, -0.2) is 9.97 Å². The first-order valence-corrected chi connectivity index (χ1v) is 11.9. The van der Waals surface area contributed by atoms with Gasteiger partial charge in [-0.05, 0) is 86.7 Å². The van der Waals surface area contributed by atoms with Gasteiger partial charge in [0.2, 0.25) is 0 Å². The van der Waals surface area contributed by atoms with E-state index in [1.807, 2.05) is 43.5 Å². The molecule has 0 radical (unpaired) electrons. The molecule has 7 heteroatoms. The summed E-state index contributed by atoms with van der Waals surface area (Å²) in [5, 5.41) is 7.07. The number of pyridine rings is 1. The van der Waals surface area contributed by atoms with Crippen LogP contribution >= 0.6 is 11.8 Å². The highest BCUT2D eigenvalue weighted by Gasteiger charge is 2.18. The molecule has 0 atom stereocenters. The first kappa shape index (κ1) is 21.9. The number of carbonyl (C=O) groups excluding carboxylic acids is 1. The average molecular weight is 466 g/mol.